The molecule has 1 atom stereocenters. The summed E-state index contributed by atoms with van der Waals surface area (Å²) in [7, 11) is 0. The number of ether oxygens (including phenoxy) is 1. The third kappa shape index (κ3) is 2.72. The van der Waals surface area contributed by atoms with Gasteiger partial charge in [-0.25, -0.2) is 4.98 Å². The maximum atomic E-state index is 11.1. The second kappa shape index (κ2) is 5.16. The van der Waals surface area contributed by atoms with Crippen molar-refractivity contribution in [2.45, 2.75) is 32.8 Å². The number of nitrogens with two attached hydrogens (primary N) is 1. The Hall–Kier alpha value is -2.43. The predicted molar refractivity (Wildman–Crippen MR) is 78.3 cm³/mol. The lowest BCUT2D eigenvalue weighted by Gasteiger charge is -2.10. The van der Waals surface area contributed by atoms with Crippen LogP contribution in [-0.4, -0.2) is 22.0 Å². The highest BCUT2D eigenvalue weighted by Gasteiger charge is 2.26. The van der Waals surface area contributed by atoms with Crippen molar-refractivity contribution in [3.63, 3.8) is 0 Å². The number of primary amides is 1. The Bertz CT molecular complexity index is 695. The molecule has 0 unspecified atom stereocenters. The number of hydrogen-bond donors (Lipinski definition) is 1. The predicted octanol–water partition coefficient (Wildman–Crippen LogP) is 1.74. The van der Waals surface area contributed by atoms with Gasteiger partial charge in [0, 0.05) is 29.7 Å². The Morgan fingerprint density at radius 1 is 1.29 bits per heavy atom. The summed E-state index contributed by atoms with van der Waals surface area (Å²) in [4.78, 5) is 19.8. The topological polar surface area (TPSA) is 78.1 Å². The van der Waals surface area contributed by atoms with E-state index in [-0.39, 0.29) is 6.10 Å². The number of carbonyl (C=O) groups excluding carboxylic acids is 1. The molecule has 0 radical (unpaired) electrons. The van der Waals surface area contributed by atoms with E-state index in [0.717, 1.165) is 35.5 Å². The zero-order valence-corrected chi connectivity index (χ0v) is 12.1. The molecule has 2 heterocycles. The molecule has 1 aliphatic rings. The van der Waals surface area contributed by atoms with Crippen LogP contribution in [0.4, 0.5) is 0 Å². The molecule has 5 heteroatoms. The molecule has 3 rings (SSSR count). The first-order valence-corrected chi connectivity index (χ1v) is 6.92. The number of aromatic nitrogens is 2. The molecule has 2 N–H and O–H groups in total. The van der Waals surface area contributed by atoms with E-state index in [1.807, 2.05) is 26.0 Å². The molecule has 0 fully saturated rings. The summed E-state index contributed by atoms with van der Waals surface area (Å²) in [6.45, 7) is 3.85. The van der Waals surface area contributed by atoms with E-state index in [1.165, 1.54) is 0 Å². The van der Waals surface area contributed by atoms with Crippen molar-refractivity contribution in [1.29, 1.82) is 0 Å². The van der Waals surface area contributed by atoms with Gasteiger partial charge in [-0.1, -0.05) is 12.1 Å². The number of hydrogen-bond acceptors (Lipinski definition) is 4. The average molecular weight is 283 g/mol. The van der Waals surface area contributed by atoms with E-state index in [2.05, 4.69) is 9.97 Å². The van der Waals surface area contributed by atoms with Gasteiger partial charge < -0.3 is 10.5 Å². The number of benzene rings is 1. The second-order valence-corrected chi connectivity index (χ2v) is 5.35. The van der Waals surface area contributed by atoms with E-state index in [4.69, 9.17) is 10.5 Å². The quantitative estimate of drug-likeness (QED) is 0.930. The summed E-state index contributed by atoms with van der Waals surface area (Å²) in [5.41, 5.74) is 8.95. The van der Waals surface area contributed by atoms with Crippen LogP contribution in [0, 0.1) is 13.8 Å². The minimum Gasteiger partial charge on any atom is -0.473 e. The van der Waals surface area contributed by atoms with Crippen molar-refractivity contribution in [2.24, 2.45) is 5.73 Å². The summed E-state index contributed by atoms with van der Waals surface area (Å²) in [5, 5.41) is 0. The monoisotopic (exact) mass is 283 g/mol. The molecule has 0 spiro atoms. The number of carbonyl (C=O) groups is 1. The van der Waals surface area contributed by atoms with Crippen LogP contribution in [0.2, 0.25) is 0 Å². The van der Waals surface area contributed by atoms with Crippen LogP contribution in [0.3, 0.4) is 0 Å². The van der Waals surface area contributed by atoms with Gasteiger partial charge in [0.15, 0.2) is 0 Å². The van der Waals surface area contributed by atoms with Gasteiger partial charge in [-0.05, 0) is 31.5 Å². The number of nitrogens with zero attached hydrogens (tertiary/aromatic N) is 2. The molecule has 1 aromatic carbocycles. The van der Waals surface area contributed by atoms with E-state index >= 15 is 0 Å². The number of amides is 1. The van der Waals surface area contributed by atoms with Crippen molar-refractivity contribution in [1.82, 2.24) is 9.97 Å². The Balaban J connectivity index is 1.73. The first-order valence-electron chi connectivity index (χ1n) is 6.92. The van der Waals surface area contributed by atoms with Gasteiger partial charge >= 0.3 is 0 Å². The van der Waals surface area contributed by atoms with Crippen molar-refractivity contribution >= 4 is 5.91 Å². The highest BCUT2D eigenvalue weighted by molar-refractivity contribution is 5.92. The molecule has 0 aliphatic carbocycles. The van der Waals surface area contributed by atoms with Gasteiger partial charge in [-0.3, -0.25) is 4.79 Å². The standard InChI is InChI=1S/C16H17N3O2/c1-9-14-8-13(21-16(14)19-10(2)18-9)7-11-3-5-12(6-4-11)15(17)20/h3-6,13H,7-8H2,1-2H3,(H2,17,20)/t13-/m1/s1. The van der Waals surface area contributed by atoms with Crippen molar-refractivity contribution in [2.75, 3.05) is 0 Å². The fraction of sp³-hybridized carbons (Fsp3) is 0.312. The Morgan fingerprint density at radius 2 is 2.00 bits per heavy atom. The van der Waals surface area contributed by atoms with E-state index in [0.29, 0.717) is 11.4 Å². The van der Waals surface area contributed by atoms with Gasteiger partial charge in [-0.15, -0.1) is 0 Å². The molecular formula is C16H17N3O2. The summed E-state index contributed by atoms with van der Waals surface area (Å²) in [6.07, 6.45) is 1.65. The van der Waals surface area contributed by atoms with Crippen LogP contribution < -0.4 is 10.5 Å². The largest absolute Gasteiger partial charge is 0.473 e. The molecule has 0 saturated carbocycles. The van der Waals surface area contributed by atoms with Gasteiger partial charge in [0.2, 0.25) is 11.8 Å². The minimum absolute atomic E-state index is 0.0641. The van der Waals surface area contributed by atoms with Crippen molar-refractivity contribution < 1.29 is 9.53 Å². The van der Waals surface area contributed by atoms with Gasteiger partial charge in [0.05, 0.1) is 0 Å². The molecule has 21 heavy (non-hydrogen) atoms. The molecule has 1 amide bonds. The van der Waals surface area contributed by atoms with Crippen molar-refractivity contribution in [3.8, 4) is 5.88 Å². The van der Waals surface area contributed by atoms with E-state index in [1.54, 1.807) is 12.1 Å². The zero-order valence-electron chi connectivity index (χ0n) is 12.1. The number of aryl methyl sites for hydroxylation is 2. The fourth-order valence-electron chi connectivity index (χ4n) is 2.65. The van der Waals surface area contributed by atoms with Crippen LogP contribution in [0.5, 0.6) is 5.88 Å². The van der Waals surface area contributed by atoms with Crippen LogP contribution in [0.25, 0.3) is 0 Å². The highest BCUT2D eigenvalue weighted by Crippen LogP contribution is 2.30. The fourth-order valence-corrected chi connectivity index (χ4v) is 2.65. The summed E-state index contributed by atoms with van der Waals surface area (Å²) >= 11 is 0. The average Bonchev–Trinajstić information content (AvgIpc) is 2.82. The molecule has 1 aromatic heterocycles. The van der Waals surface area contributed by atoms with Crippen LogP contribution in [0.1, 0.15) is 33.0 Å². The third-order valence-electron chi connectivity index (χ3n) is 3.70. The maximum Gasteiger partial charge on any atom is 0.248 e. The summed E-state index contributed by atoms with van der Waals surface area (Å²) < 4.78 is 5.91. The first kappa shape index (κ1) is 13.5. The molecule has 0 bridgehead atoms. The summed E-state index contributed by atoms with van der Waals surface area (Å²) in [6, 6.07) is 7.32. The van der Waals surface area contributed by atoms with E-state index < -0.39 is 5.91 Å². The van der Waals surface area contributed by atoms with Gasteiger partial charge in [0.1, 0.15) is 11.9 Å². The second-order valence-electron chi connectivity index (χ2n) is 5.35. The smallest absolute Gasteiger partial charge is 0.248 e. The SMILES string of the molecule is Cc1nc(C)c2c(n1)O[C@H](Cc1ccc(C(N)=O)cc1)C2. The molecule has 108 valence electrons. The third-order valence-corrected chi connectivity index (χ3v) is 3.70. The number of fused-ring (bicyclic) bond motifs is 1. The molecule has 1 aliphatic heterocycles. The lowest BCUT2D eigenvalue weighted by molar-refractivity contribution is 0.100. The molecule has 0 saturated heterocycles. The lowest BCUT2D eigenvalue weighted by atomic mass is 10.0. The van der Waals surface area contributed by atoms with Gasteiger partial charge in [0.25, 0.3) is 0 Å². The van der Waals surface area contributed by atoms with Crippen LogP contribution in [-0.2, 0) is 12.8 Å². The van der Waals surface area contributed by atoms with Gasteiger partial charge in [-0.2, -0.15) is 4.98 Å². The zero-order chi connectivity index (χ0) is 15.0. The van der Waals surface area contributed by atoms with E-state index in [9.17, 15) is 4.79 Å². The normalized spacial score (nSPS) is 16.4. The summed E-state index contributed by atoms with van der Waals surface area (Å²) in [5.74, 6) is 1.03. The minimum atomic E-state index is -0.410. The maximum absolute atomic E-state index is 11.1. The molecular weight excluding hydrogens is 266 g/mol. The van der Waals surface area contributed by atoms with Crippen LogP contribution >= 0.6 is 0 Å². The number of rotatable bonds is 3. The Morgan fingerprint density at radius 3 is 2.67 bits per heavy atom. The van der Waals surface area contributed by atoms with Crippen molar-refractivity contribution in [3.05, 3.63) is 52.5 Å². The highest BCUT2D eigenvalue weighted by atomic mass is 16.5. The Kier molecular flexibility index (Phi) is 3.33. The first-order chi connectivity index (χ1) is 10.0. The van der Waals surface area contributed by atoms with Crippen LogP contribution in [0.15, 0.2) is 24.3 Å². The lowest BCUT2D eigenvalue weighted by Crippen LogP contribution is -2.17. The molecule has 5 nitrogen and oxygen atoms in total. The molecule has 2 aromatic rings. The Labute approximate surface area is 123 Å².